The third kappa shape index (κ3) is 3.67. The van der Waals surface area contributed by atoms with Crippen LogP contribution in [-0.4, -0.2) is 32.8 Å². The Morgan fingerprint density at radius 2 is 1.86 bits per heavy atom. The van der Waals surface area contributed by atoms with Crippen LogP contribution >= 0.6 is 0 Å². The van der Waals surface area contributed by atoms with Crippen molar-refractivity contribution in [2.75, 3.05) is 13.1 Å². The van der Waals surface area contributed by atoms with E-state index in [9.17, 15) is 0 Å². The summed E-state index contributed by atoms with van der Waals surface area (Å²) in [7, 11) is 0. The van der Waals surface area contributed by atoms with Crippen LogP contribution in [0.5, 0.6) is 0 Å². The van der Waals surface area contributed by atoms with E-state index in [1.807, 2.05) is 24.6 Å². The van der Waals surface area contributed by atoms with E-state index in [1.165, 1.54) is 11.3 Å². The summed E-state index contributed by atoms with van der Waals surface area (Å²) in [6.07, 6.45) is 2.16. The summed E-state index contributed by atoms with van der Waals surface area (Å²) in [6.45, 7) is 12.3. The topological polar surface area (TPSA) is 55.6 Å². The molecule has 0 atom stereocenters. The third-order valence-corrected chi connectivity index (χ3v) is 3.59. The van der Waals surface area contributed by atoms with E-state index in [1.54, 1.807) is 0 Å². The molecule has 0 aliphatic heterocycles. The highest BCUT2D eigenvalue weighted by Gasteiger charge is 2.13. The van der Waals surface area contributed by atoms with Gasteiger partial charge in [0, 0.05) is 17.5 Å². The lowest BCUT2D eigenvalue weighted by atomic mass is 10.1. The third-order valence-electron chi connectivity index (χ3n) is 3.59. The van der Waals surface area contributed by atoms with Crippen LogP contribution in [0.3, 0.4) is 0 Å². The molecule has 5 nitrogen and oxygen atoms in total. The Kier molecular flexibility index (Phi) is 5.07. The molecule has 2 aromatic heterocycles. The Morgan fingerprint density at radius 3 is 2.52 bits per heavy atom. The average molecular weight is 287 g/mol. The van der Waals surface area contributed by atoms with Gasteiger partial charge in [0.15, 0.2) is 5.82 Å². The zero-order chi connectivity index (χ0) is 15.4. The molecule has 0 unspecified atom stereocenters. The van der Waals surface area contributed by atoms with Crippen molar-refractivity contribution < 1.29 is 0 Å². The highest BCUT2D eigenvalue weighted by molar-refractivity contribution is 5.33. The van der Waals surface area contributed by atoms with Gasteiger partial charge in [-0.25, -0.2) is 14.6 Å². The summed E-state index contributed by atoms with van der Waals surface area (Å²) in [5, 5.41) is 8.10. The van der Waals surface area contributed by atoms with Gasteiger partial charge in [0.05, 0.1) is 5.69 Å². The number of nitrogens with zero attached hydrogens (tertiary/aromatic N) is 4. The first-order chi connectivity index (χ1) is 10.0. The largest absolute Gasteiger partial charge is 0.316 e. The van der Waals surface area contributed by atoms with Crippen molar-refractivity contribution in [3.63, 3.8) is 0 Å². The maximum Gasteiger partial charge on any atom is 0.157 e. The lowest BCUT2D eigenvalue weighted by Gasteiger charge is -2.07. The van der Waals surface area contributed by atoms with Crippen molar-refractivity contribution in [3.05, 3.63) is 34.5 Å². The van der Waals surface area contributed by atoms with Crippen LogP contribution in [0.15, 0.2) is 6.07 Å². The number of rotatable bonds is 6. The molecule has 2 heterocycles. The first-order valence-electron chi connectivity index (χ1n) is 7.61. The molecule has 0 saturated carbocycles. The molecule has 0 radical (unpaired) electrons. The van der Waals surface area contributed by atoms with Gasteiger partial charge < -0.3 is 5.32 Å². The molecule has 0 bridgehead atoms. The summed E-state index contributed by atoms with van der Waals surface area (Å²) >= 11 is 0. The summed E-state index contributed by atoms with van der Waals surface area (Å²) in [5.41, 5.74) is 4.53. The second-order valence-corrected chi connectivity index (χ2v) is 5.48. The fraction of sp³-hybridized carbons (Fsp3) is 0.562. The number of aryl methyl sites for hydroxylation is 3. The van der Waals surface area contributed by atoms with Crippen molar-refractivity contribution >= 4 is 0 Å². The van der Waals surface area contributed by atoms with E-state index in [0.29, 0.717) is 0 Å². The SMILES string of the molecule is CCCNCCc1c(C)nn(-c2cc(C)nc(C)n2)c1C. The normalized spacial score (nSPS) is 11.1. The molecular formula is C16H25N5. The molecule has 21 heavy (non-hydrogen) atoms. The zero-order valence-electron chi connectivity index (χ0n) is 13.7. The maximum absolute atomic E-state index is 4.66. The van der Waals surface area contributed by atoms with E-state index in [2.05, 4.69) is 41.2 Å². The molecule has 0 spiro atoms. The highest BCUT2D eigenvalue weighted by Crippen LogP contribution is 2.17. The Bertz CT molecular complexity index is 595. The van der Waals surface area contributed by atoms with E-state index >= 15 is 0 Å². The molecule has 0 aliphatic rings. The fourth-order valence-electron chi connectivity index (χ4n) is 2.58. The number of nitrogens with one attached hydrogen (secondary N) is 1. The highest BCUT2D eigenvalue weighted by atomic mass is 15.3. The molecule has 1 N–H and O–H groups in total. The maximum atomic E-state index is 4.66. The van der Waals surface area contributed by atoms with Gasteiger partial charge in [-0.15, -0.1) is 0 Å². The molecule has 0 amide bonds. The lowest BCUT2D eigenvalue weighted by molar-refractivity contribution is 0.669. The van der Waals surface area contributed by atoms with E-state index in [0.717, 1.165) is 49.0 Å². The van der Waals surface area contributed by atoms with Crippen LogP contribution in [0.25, 0.3) is 5.82 Å². The van der Waals surface area contributed by atoms with Crippen LogP contribution < -0.4 is 5.32 Å². The second kappa shape index (κ2) is 6.80. The van der Waals surface area contributed by atoms with Crippen molar-refractivity contribution in [2.24, 2.45) is 0 Å². The zero-order valence-corrected chi connectivity index (χ0v) is 13.7. The standard InChI is InChI=1S/C16H25N5/c1-6-8-17-9-7-15-12(3)20-21(13(15)4)16-10-11(2)18-14(5)19-16/h10,17H,6-9H2,1-5H3. The summed E-state index contributed by atoms with van der Waals surface area (Å²) < 4.78 is 1.94. The Morgan fingerprint density at radius 1 is 1.10 bits per heavy atom. The Balaban J connectivity index is 2.25. The molecule has 114 valence electrons. The summed E-state index contributed by atoms with van der Waals surface area (Å²) in [6, 6.07) is 1.98. The van der Waals surface area contributed by atoms with Crippen LogP contribution in [0.4, 0.5) is 0 Å². The molecule has 5 heteroatoms. The minimum atomic E-state index is 0.781. The Hall–Kier alpha value is -1.75. The molecule has 0 aromatic carbocycles. The van der Waals surface area contributed by atoms with E-state index in [-0.39, 0.29) is 0 Å². The first kappa shape index (κ1) is 15.6. The minimum Gasteiger partial charge on any atom is -0.316 e. The molecule has 0 saturated heterocycles. The summed E-state index contributed by atoms with van der Waals surface area (Å²) in [4.78, 5) is 8.83. The first-order valence-corrected chi connectivity index (χ1v) is 7.61. The smallest absolute Gasteiger partial charge is 0.157 e. The predicted octanol–water partition coefficient (Wildman–Crippen LogP) is 2.44. The van der Waals surface area contributed by atoms with Crippen LogP contribution in [0.1, 0.15) is 41.8 Å². The van der Waals surface area contributed by atoms with Gasteiger partial charge in [0.1, 0.15) is 5.82 Å². The van der Waals surface area contributed by atoms with E-state index < -0.39 is 0 Å². The molecular weight excluding hydrogens is 262 g/mol. The summed E-state index contributed by atoms with van der Waals surface area (Å²) in [5.74, 6) is 1.64. The van der Waals surface area contributed by atoms with Crippen molar-refractivity contribution in [2.45, 2.75) is 47.5 Å². The van der Waals surface area contributed by atoms with Gasteiger partial charge in [-0.1, -0.05) is 6.92 Å². The fourth-order valence-corrected chi connectivity index (χ4v) is 2.58. The molecule has 2 rings (SSSR count). The van der Waals surface area contributed by atoms with Gasteiger partial charge in [-0.05, 0) is 59.2 Å². The minimum absolute atomic E-state index is 0.781. The quantitative estimate of drug-likeness (QED) is 0.829. The van der Waals surface area contributed by atoms with E-state index in [4.69, 9.17) is 0 Å². The van der Waals surface area contributed by atoms with Crippen LogP contribution in [0.2, 0.25) is 0 Å². The van der Waals surface area contributed by atoms with Crippen molar-refractivity contribution in [3.8, 4) is 5.82 Å². The Labute approximate surface area is 126 Å². The van der Waals surface area contributed by atoms with Gasteiger partial charge >= 0.3 is 0 Å². The second-order valence-electron chi connectivity index (χ2n) is 5.48. The van der Waals surface area contributed by atoms with Gasteiger partial charge in [0.2, 0.25) is 0 Å². The lowest BCUT2D eigenvalue weighted by Crippen LogP contribution is -2.18. The monoisotopic (exact) mass is 287 g/mol. The predicted molar refractivity (Wildman–Crippen MR) is 85.0 cm³/mol. The van der Waals surface area contributed by atoms with Gasteiger partial charge in [-0.3, -0.25) is 0 Å². The van der Waals surface area contributed by atoms with Crippen molar-refractivity contribution in [1.29, 1.82) is 0 Å². The van der Waals surface area contributed by atoms with Gasteiger partial charge in [-0.2, -0.15) is 5.10 Å². The van der Waals surface area contributed by atoms with Crippen LogP contribution in [-0.2, 0) is 6.42 Å². The molecule has 0 fully saturated rings. The number of aromatic nitrogens is 4. The number of hydrogen-bond donors (Lipinski definition) is 1. The van der Waals surface area contributed by atoms with Gasteiger partial charge in [0.25, 0.3) is 0 Å². The van der Waals surface area contributed by atoms with Crippen molar-refractivity contribution in [1.82, 2.24) is 25.1 Å². The molecule has 2 aromatic rings. The number of hydrogen-bond acceptors (Lipinski definition) is 4. The average Bonchev–Trinajstić information content (AvgIpc) is 2.70. The van der Waals surface area contributed by atoms with Crippen LogP contribution in [0, 0.1) is 27.7 Å². The molecule has 0 aliphatic carbocycles.